The van der Waals surface area contributed by atoms with Gasteiger partial charge in [0.2, 0.25) is 5.91 Å². The Hall–Kier alpha value is -5.65. The van der Waals surface area contributed by atoms with Crippen LogP contribution in [0.3, 0.4) is 0 Å². The van der Waals surface area contributed by atoms with Crippen molar-refractivity contribution in [1.82, 2.24) is 10.2 Å². The molecule has 2 atom stereocenters. The predicted molar refractivity (Wildman–Crippen MR) is 172 cm³/mol. The van der Waals surface area contributed by atoms with Crippen molar-refractivity contribution in [2.45, 2.75) is 51.8 Å². The molecular formula is C34H34N4O8. The highest BCUT2D eigenvalue weighted by molar-refractivity contribution is 6.16. The van der Waals surface area contributed by atoms with Crippen molar-refractivity contribution in [2.24, 2.45) is 0 Å². The smallest absolute Gasteiger partial charge is 0.408 e. The van der Waals surface area contributed by atoms with Gasteiger partial charge < -0.3 is 15.0 Å². The molecule has 1 N–H and O–H groups in total. The number of nitro groups is 2. The van der Waals surface area contributed by atoms with Crippen LogP contribution < -0.4 is 5.32 Å². The number of amides is 2. The zero-order valence-corrected chi connectivity index (χ0v) is 25.8. The first-order chi connectivity index (χ1) is 21.7. The lowest BCUT2D eigenvalue weighted by Crippen LogP contribution is -2.56. The number of ether oxygens (including phenoxy) is 1. The number of non-ortho nitro benzene ring substituents is 2. The molecule has 12 nitrogen and oxygen atoms in total. The second kappa shape index (κ2) is 14.0. The molecule has 0 radical (unpaired) electrons. The molecule has 1 unspecified atom stereocenters. The van der Waals surface area contributed by atoms with Crippen LogP contribution in [0.5, 0.6) is 0 Å². The Kier molecular flexibility index (Phi) is 10.1. The number of nitrogens with one attached hydrogen (secondary N) is 1. The van der Waals surface area contributed by atoms with Gasteiger partial charge in [0.1, 0.15) is 11.6 Å². The zero-order valence-electron chi connectivity index (χ0n) is 25.8. The maximum absolute atomic E-state index is 14.3. The molecule has 46 heavy (non-hydrogen) atoms. The van der Waals surface area contributed by atoms with E-state index in [2.05, 4.69) is 5.32 Å². The lowest BCUT2D eigenvalue weighted by Gasteiger charge is -2.38. The van der Waals surface area contributed by atoms with Crippen molar-refractivity contribution in [3.63, 3.8) is 0 Å². The van der Waals surface area contributed by atoms with Gasteiger partial charge in [0.25, 0.3) is 11.4 Å². The highest BCUT2D eigenvalue weighted by Gasteiger charge is 2.38. The number of alkyl carbamates (subject to hydrolysis) is 1. The summed E-state index contributed by atoms with van der Waals surface area (Å²) < 4.78 is 5.45. The minimum absolute atomic E-state index is 0.102. The van der Waals surface area contributed by atoms with E-state index in [4.69, 9.17) is 4.74 Å². The number of nitrogens with zero attached hydrogens (tertiary/aromatic N) is 3. The molecule has 238 valence electrons. The summed E-state index contributed by atoms with van der Waals surface area (Å²) in [6.07, 6.45) is 2.52. The van der Waals surface area contributed by atoms with E-state index in [9.17, 15) is 34.6 Å². The summed E-state index contributed by atoms with van der Waals surface area (Å²) in [4.78, 5) is 63.8. The van der Waals surface area contributed by atoms with Gasteiger partial charge in [-0.15, -0.1) is 0 Å². The van der Waals surface area contributed by atoms with E-state index in [1.807, 2.05) is 30.3 Å². The van der Waals surface area contributed by atoms with E-state index in [0.717, 1.165) is 5.56 Å². The molecule has 3 aromatic rings. The van der Waals surface area contributed by atoms with Crippen LogP contribution in [0.15, 0.2) is 90.0 Å². The maximum Gasteiger partial charge on any atom is 0.408 e. The number of hydrogen-bond donors (Lipinski definition) is 1. The second-order valence-electron chi connectivity index (χ2n) is 11.8. The molecule has 2 amide bonds. The molecule has 12 heteroatoms. The molecule has 0 saturated carbocycles. The number of carbonyl (C=O) groups is 3. The molecule has 3 aromatic carbocycles. The fourth-order valence-corrected chi connectivity index (χ4v) is 4.97. The molecule has 1 aliphatic rings. The molecule has 0 aliphatic carbocycles. The van der Waals surface area contributed by atoms with E-state index in [1.165, 1.54) is 53.4 Å². The number of hydrogen-bond acceptors (Lipinski definition) is 8. The molecule has 1 heterocycles. The van der Waals surface area contributed by atoms with Crippen molar-refractivity contribution >= 4 is 41.3 Å². The fourth-order valence-electron chi connectivity index (χ4n) is 4.97. The van der Waals surface area contributed by atoms with Gasteiger partial charge in [-0.3, -0.25) is 29.8 Å². The third kappa shape index (κ3) is 8.50. The van der Waals surface area contributed by atoms with E-state index in [1.54, 1.807) is 39.8 Å². The van der Waals surface area contributed by atoms with Crippen molar-refractivity contribution in [3.05, 3.63) is 127 Å². The Morgan fingerprint density at radius 1 is 0.913 bits per heavy atom. The Bertz CT molecular complexity index is 1690. The highest BCUT2D eigenvalue weighted by atomic mass is 16.6. The van der Waals surface area contributed by atoms with Crippen LogP contribution >= 0.6 is 0 Å². The molecule has 1 saturated heterocycles. The number of benzene rings is 3. The monoisotopic (exact) mass is 626 g/mol. The molecule has 1 fully saturated rings. The van der Waals surface area contributed by atoms with Crippen LogP contribution in [-0.4, -0.2) is 56.8 Å². The molecule has 4 rings (SSSR count). The number of piperidine rings is 1. The van der Waals surface area contributed by atoms with Crippen LogP contribution in [0.2, 0.25) is 0 Å². The van der Waals surface area contributed by atoms with Crippen molar-refractivity contribution < 1.29 is 29.0 Å². The highest BCUT2D eigenvalue weighted by Crippen LogP contribution is 2.29. The van der Waals surface area contributed by atoms with E-state index in [0.29, 0.717) is 11.1 Å². The topological polar surface area (TPSA) is 162 Å². The summed E-state index contributed by atoms with van der Waals surface area (Å²) in [7, 11) is 0. The molecule has 1 aliphatic heterocycles. The first kappa shape index (κ1) is 33.2. The van der Waals surface area contributed by atoms with Crippen molar-refractivity contribution in [2.75, 3.05) is 6.54 Å². The number of rotatable bonds is 8. The van der Waals surface area contributed by atoms with Gasteiger partial charge in [-0.05, 0) is 80.8 Å². The quantitative estimate of drug-likeness (QED) is 0.183. The van der Waals surface area contributed by atoms with E-state index in [-0.39, 0.29) is 41.3 Å². The summed E-state index contributed by atoms with van der Waals surface area (Å²) >= 11 is 0. The van der Waals surface area contributed by atoms with Gasteiger partial charge in [0, 0.05) is 41.8 Å². The summed E-state index contributed by atoms with van der Waals surface area (Å²) in [5, 5.41) is 25.0. The van der Waals surface area contributed by atoms with Gasteiger partial charge in [-0.1, -0.05) is 30.3 Å². The van der Waals surface area contributed by atoms with Gasteiger partial charge in [-0.2, -0.15) is 0 Å². The van der Waals surface area contributed by atoms with Gasteiger partial charge >= 0.3 is 6.09 Å². The first-order valence-electron chi connectivity index (χ1n) is 14.5. The standard InChI is InChI=1S/C34H34N4O8/c1-22-29(19-25-12-16-28(17-13-25)38(44)45)31(39)26(18-24-10-14-27(15-11-24)37(42)43)21-36(22)32(40)30(20-23-8-6-5-7-9-23)35-33(41)46-34(2,3)4/h5-19,22,30H,20-21H2,1-4H3,(H,35,41)/b26-18+,29-19+/t22?,30-/m0/s1. The third-order valence-corrected chi connectivity index (χ3v) is 7.24. The number of likely N-dealkylation sites (tertiary alicyclic amines) is 1. The summed E-state index contributed by atoms with van der Waals surface area (Å²) in [6, 6.07) is 18.7. The molecular weight excluding hydrogens is 592 g/mol. The average Bonchev–Trinajstić information content (AvgIpc) is 3.00. The normalized spacial score (nSPS) is 17.4. The minimum atomic E-state index is -1.05. The number of nitro benzene ring substituents is 2. The second-order valence-corrected chi connectivity index (χ2v) is 11.8. The van der Waals surface area contributed by atoms with E-state index >= 15 is 0 Å². The Balaban J connectivity index is 1.76. The lowest BCUT2D eigenvalue weighted by atomic mass is 9.88. The van der Waals surface area contributed by atoms with Crippen molar-refractivity contribution in [1.29, 1.82) is 0 Å². The number of carbonyl (C=O) groups excluding carboxylic acids is 3. The Labute approximate surface area is 265 Å². The zero-order chi connectivity index (χ0) is 33.6. The minimum Gasteiger partial charge on any atom is -0.444 e. The van der Waals surface area contributed by atoms with Gasteiger partial charge in [0.05, 0.1) is 22.4 Å². The summed E-state index contributed by atoms with van der Waals surface area (Å²) in [5.41, 5.74) is 1.27. The fraction of sp³-hybridized carbons (Fsp3) is 0.265. The van der Waals surface area contributed by atoms with Gasteiger partial charge in [0.15, 0.2) is 5.78 Å². The molecule has 0 bridgehead atoms. The Morgan fingerprint density at radius 2 is 1.43 bits per heavy atom. The summed E-state index contributed by atoms with van der Waals surface area (Å²) in [5.74, 6) is -0.813. The molecule has 0 spiro atoms. The van der Waals surface area contributed by atoms with Crippen LogP contribution in [-0.2, 0) is 20.7 Å². The lowest BCUT2D eigenvalue weighted by molar-refractivity contribution is -0.385. The average molecular weight is 627 g/mol. The number of ketones is 1. The SMILES string of the molecule is CC1/C(=C\c2ccc([N+](=O)[O-])cc2)C(=O)/C(=C/c2ccc([N+](=O)[O-])cc2)CN1C(=O)[C@H](Cc1ccccc1)NC(=O)OC(C)(C)C. The van der Waals surface area contributed by atoms with Crippen LogP contribution in [0, 0.1) is 20.2 Å². The van der Waals surface area contributed by atoms with Gasteiger partial charge in [-0.25, -0.2) is 4.79 Å². The van der Waals surface area contributed by atoms with Crippen molar-refractivity contribution in [3.8, 4) is 0 Å². The van der Waals surface area contributed by atoms with Crippen LogP contribution in [0.4, 0.5) is 16.2 Å². The largest absolute Gasteiger partial charge is 0.444 e. The first-order valence-corrected chi connectivity index (χ1v) is 14.5. The predicted octanol–water partition coefficient (Wildman–Crippen LogP) is 5.91. The number of Topliss-reactive ketones (excluding diaryl/α,β-unsaturated/α-hetero) is 1. The Morgan fingerprint density at radius 3 is 1.93 bits per heavy atom. The third-order valence-electron chi connectivity index (χ3n) is 7.24. The molecule has 0 aromatic heterocycles. The maximum atomic E-state index is 14.3. The van der Waals surface area contributed by atoms with Crippen LogP contribution in [0.25, 0.3) is 12.2 Å². The summed E-state index contributed by atoms with van der Waals surface area (Å²) in [6.45, 7) is 6.73. The van der Waals surface area contributed by atoms with Crippen LogP contribution in [0.1, 0.15) is 44.4 Å². The van der Waals surface area contributed by atoms with E-state index < -0.39 is 39.5 Å².